The standard InChI is InChI=1S/C17H24N2O2/c1-13(2)12-21-10-9-19-17(20)16-11-15(5-4-8-18)7-6-14(16)3/h6-7,11,13H,8-10,12,18H2,1-3H3,(H,19,20). The molecule has 4 heteroatoms. The SMILES string of the molecule is Cc1ccc(C#CCN)cc1C(=O)NCCOCC(C)C. The molecule has 0 spiro atoms. The highest BCUT2D eigenvalue weighted by atomic mass is 16.5. The van der Waals surface area contributed by atoms with Gasteiger partial charge in [0.05, 0.1) is 13.2 Å². The number of hydrogen-bond acceptors (Lipinski definition) is 3. The van der Waals surface area contributed by atoms with Gasteiger partial charge in [-0.1, -0.05) is 31.8 Å². The summed E-state index contributed by atoms with van der Waals surface area (Å²) >= 11 is 0. The van der Waals surface area contributed by atoms with Crippen molar-refractivity contribution in [2.45, 2.75) is 20.8 Å². The van der Waals surface area contributed by atoms with E-state index in [4.69, 9.17) is 10.5 Å². The van der Waals surface area contributed by atoms with Crippen molar-refractivity contribution in [2.75, 3.05) is 26.3 Å². The molecule has 1 rings (SSSR count). The number of aryl methyl sites for hydroxylation is 1. The molecule has 0 bridgehead atoms. The molecule has 1 amide bonds. The highest BCUT2D eigenvalue weighted by molar-refractivity contribution is 5.96. The molecule has 1 aromatic carbocycles. The molecule has 114 valence electrons. The average molecular weight is 288 g/mol. The first-order chi connectivity index (χ1) is 10.0. The maximum atomic E-state index is 12.1. The van der Waals surface area contributed by atoms with E-state index in [0.717, 1.165) is 11.1 Å². The molecule has 0 radical (unpaired) electrons. The lowest BCUT2D eigenvalue weighted by Gasteiger charge is -2.10. The predicted octanol–water partition coefficient (Wildman–Crippen LogP) is 1.71. The Balaban J connectivity index is 2.57. The minimum Gasteiger partial charge on any atom is -0.379 e. The van der Waals surface area contributed by atoms with Crippen molar-refractivity contribution in [1.82, 2.24) is 5.32 Å². The van der Waals surface area contributed by atoms with E-state index < -0.39 is 0 Å². The van der Waals surface area contributed by atoms with E-state index in [1.54, 1.807) is 6.07 Å². The number of rotatable bonds is 6. The van der Waals surface area contributed by atoms with Crippen LogP contribution in [-0.4, -0.2) is 32.2 Å². The summed E-state index contributed by atoms with van der Waals surface area (Å²) in [4.78, 5) is 12.1. The molecule has 0 aliphatic heterocycles. The van der Waals surface area contributed by atoms with Gasteiger partial charge in [-0.2, -0.15) is 0 Å². The van der Waals surface area contributed by atoms with Crippen molar-refractivity contribution in [3.63, 3.8) is 0 Å². The van der Waals surface area contributed by atoms with E-state index in [9.17, 15) is 4.79 Å². The number of hydrogen-bond donors (Lipinski definition) is 2. The Bertz CT molecular complexity index is 527. The second-order valence-corrected chi connectivity index (χ2v) is 5.26. The van der Waals surface area contributed by atoms with Gasteiger partial charge in [-0.25, -0.2) is 0 Å². The van der Waals surface area contributed by atoms with Crippen molar-refractivity contribution in [2.24, 2.45) is 11.7 Å². The fourth-order valence-corrected chi connectivity index (χ4v) is 1.75. The highest BCUT2D eigenvalue weighted by Gasteiger charge is 2.08. The maximum Gasteiger partial charge on any atom is 0.251 e. The fourth-order valence-electron chi connectivity index (χ4n) is 1.75. The minimum absolute atomic E-state index is 0.1000. The summed E-state index contributed by atoms with van der Waals surface area (Å²) in [6.45, 7) is 8.14. The summed E-state index contributed by atoms with van der Waals surface area (Å²) in [5.74, 6) is 6.12. The Morgan fingerprint density at radius 2 is 2.19 bits per heavy atom. The minimum atomic E-state index is -0.1000. The van der Waals surface area contributed by atoms with Gasteiger partial charge >= 0.3 is 0 Å². The quantitative estimate of drug-likeness (QED) is 0.618. The first-order valence-corrected chi connectivity index (χ1v) is 7.20. The maximum absolute atomic E-state index is 12.1. The van der Waals surface area contributed by atoms with Crippen LogP contribution in [0.25, 0.3) is 0 Å². The molecule has 0 saturated carbocycles. The molecule has 0 aliphatic carbocycles. The molecule has 1 aromatic rings. The third-order valence-corrected chi connectivity index (χ3v) is 2.80. The van der Waals surface area contributed by atoms with Crippen LogP contribution in [0.15, 0.2) is 18.2 Å². The molecule has 0 saturated heterocycles. The van der Waals surface area contributed by atoms with E-state index in [1.165, 1.54) is 0 Å². The summed E-state index contributed by atoms with van der Waals surface area (Å²) in [5.41, 5.74) is 7.72. The number of ether oxygens (including phenoxy) is 1. The van der Waals surface area contributed by atoms with E-state index in [2.05, 4.69) is 31.0 Å². The predicted molar refractivity (Wildman–Crippen MR) is 85.1 cm³/mol. The zero-order chi connectivity index (χ0) is 15.7. The summed E-state index contributed by atoms with van der Waals surface area (Å²) in [7, 11) is 0. The molecule has 3 N–H and O–H groups in total. The van der Waals surface area contributed by atoms with Crippen LogP contribution in [0.2, 0.25) is 0 Å². The van der Waals surface area contributed by atoms with Crippen molar-refractivity contribution in [1.29, 1.82) is 0 Å². The third-order valence-electron chi connectivity index (χ3n) is 2.80. The smallest absolute Gasteiger partial charge is 0.251 e. The van der Waals surface area contributed by atoms with Gasteiger partial charge in [0, 0.05) is 24.3 Å². The topological polar surface area (TPSA) is 64.4 Å². The molecule has 0 aliphatic rings. The second-order valence-electron chi connectivity index (χ2n) is 5.26. The molecule has 0 atom stereocenters. The Kier molecular flexibility index (Phi) is 7.52. The molecule has 0 aromatic heterocycles. The third kappa shape index (κ3) is 6.44. The molecular formula is C17H24N2O2. The van der Waals surface area contributed by atoms with E-state index in [-0.39, 0.29) is 5.91 Å². The number of benzene rings is 1. The van der Waals surface area contributed by atoms with Gasteiger partial charge in [-0.05, 0) is 30.5 Å². The van der Waals surface area contributed by atoms with Gasteiger partial charge in [-0.3, -0.25) is 4.79 Å². The van der Waals surface area contributed by atoms with Crippen LogP contribution in [-0.2, 0) is 4.74 Å². The summed E-state index contributed by atoms with van der Waals surface area (Å²) in [6, 6.07) is 5.58. The average Bonchev–Trinajstić information content (AvgIpc) is 2.45. The van der Waals surface area contributed by atoms with Crippen LogP contribution < -0.4 is 11.1 Å². The van der Waals surface area contributed by atoms with E-state index in [1.807, 2.05) is 19.1 Å². The summed E-state index contributed by atoms with van der Waals surface area (Å²) < 4.78 is 5.44. The monoisotopic (exact) mass is 288 g/mol. The molecule has 0 fully saturated rings. The molecular weight excluding hydrogens is 264 g/mol. The van der Waals surface area contributed by atoms with Crippen molar-refractivity contribution < 1.29 is 9.53 Å². The highest BCUT2D eigenvalue weighted by Crippen LogP contribution is 2.10. The fraction of sp³-hybridized carbons (Fsp3) is 0.471. The Morgan fingerprint density at radius 3 is 2.86 bits per heavy atom. The van der Waals surface area contributed by atoms with Crippen molar-refractivity contribution >= 4 is 5.91 Å². The number of carbonyl (C=O) groups excluding carboxylic acids is 1. The van der Waals surface area contributed by atoms with Crippen LogP contribution in [0.1, 0.15) is 35.3 Å². The van der Waals surface area contributed by atoms with Gasteiger partial charge in [0.15, 0.2) is 0 Å². The van der Waals surface area contributed by atoms with Crippen molar-refractivity contribution in [3.8, 4) is 11.8 Å². The normalized spacial score (nSPS) is 10.1. The van der Waals surface area contributed by atoms with E-state index in [0.29, 0.717) is 37.8 Å². The van der Waals surface area contributed by atoms with Gasteiger partial charge < -0.3 is 15.8 Å². The van der Waals surface area contributed by atoms with Gasteiger partial charge in [0.2, 0.25) is 0 Å². The van der Waals surface area contributed by atoms with Gasteiger partial charge in [0.1, 0.15) is 0 Å². The van der Waals surface area contributed by atoms with Gasteiger partial charge in [-0.15, -0.1) is 0 Å². The second kappa shape index (κ2) is 9.17. The van der Waals surface area contributed by atoms with Crippen LogP contribution in [0.4, 0.5) is 0 Å². The lowest BCUT2D eigenvalue weighted by atomic mass is 10.0. The van der Waals surface area contributed by atoms with Crippen LogP contribution >= 0.6 is 0 Å². The zero-order valence-electron chi connectivity index (χ0n) is 13.0. The van der Waals surface area contributed by atoms with Gasteiger partial charge in [0.25, 0.3) is 5.91 Å². The van der Waals surface area contributed by atoms with Crippen LogP contribution in [0.3, 0.4) is 0 Å². The van der Waals surface area contributed by atoms with Crippen molar-refractivity contribution in [3.05, 3.63) is 34.9 Å². The lowest BCUT2D eigenvalue weighted by Crippen LogP contribution is -2.28. The molecule has 4 nitrogen and oxygen atoms in total. The number of nitrogens with two attached hydrogens (primary N) is 1. The Hall–Kier alpha value is -1.83. The van der Waals surface area contributed by atoms with Crippen LogP contribution in [0.5, 0.6) is 0 Å². The lowest BCUT2D eigenvalue weighted by molar-refractivity contribution is 0.0885. The zero-order valence-corrected chi connectivity index (χ0v) is 13.0. The largest absolute Gasteiger partial charge is 0.379 e. The first kappa shape index (κ1) is 17.2. The first-order valence-electron chi connectivity index (χ1n) is 7.20. The van der Waals surface area contributed by atoms with Crippen LogP contribution in [0, 0.1) is 24.7 Å². The molecule has 21 heavy (non-hydrogen) atoms. The summed E-state index contributed by atoms with van der Waals surface area (Å²) in [6.07, 6.45) is 0. The molecule has 0 heterocycles. The summed E-state index contributed by atoms with van der Waals surface area (Å²) in [5, 5.41) is 2.86. The Labute approximate surface area is 127 Å². The number of amides is 1. The molecule has 0 unspecified atom stereocenters. The van der Waals surface area contributed by atoms with E-state index >= 15 is 0 Å². The number of nitrogens with one attached hydrogen (secondary N) is 1. The number of carbonyl (C=O) groups is 1. The Morgan fingerprint density at radius 1 is 1.43 bits per heavy atom.